The first-order valence-corrected chi connectivity index (χ1v) is 9.25. The number of non-ortho nitro benzene ring substituents is 1. The molecule has 1 aromatic heterocycles. The van der Waals surface area contributed by atoms with Crippen LogP contribution in [0.4, 0.5) is 5.69 Å². The van der Waals surface area contributed by atoms with E-state index in [0.29, 0.717) is 0 Å². The predicted molar refractivity (Wildman–Crippen MR) is 104 cm³/mol. The van der Waals surface area contributed by atoms with E-state index in [1.54, 1.807) is 11.3 Å². The third-order valence-electron chi connectivity index (χ3n) is 3.75. The van der Waals surface area contributed by atoms with Crippen molar-refractivity contribution in [2.75, 3.05) is 6.61 Å². The molecule has 3 rings (SSSR count). The zero-order valence-electron chi connectivity index (χ0n) is 14.0. The third kappa shape index (κ3) is 4.84. The number of nitro groups is 1. The first-order chi connectivity index (χ1) is 13.0. The van der Waals surface area contributed by atoms with E-state index in [1.165, 1.54) is 18.2 Å². The highest BCUT2D eigenvalue weighted by molar-refractivity contribution is 7.10. The fraction of sp³-hybridized carbons (Fsp3) is 0.105. The summed E-state index contributed by atoms with van der Waals surface area (Å²) in [5.74, 6) is -0.114. The molecule has 0 saturated carbocycles. The zero-order chi connectivity index (χ0) is 19.2. The van der Waals surface area contributed by atoms with E-state index < -0.39 is 4.92 Å². The number of benzene rings is 2. The minimum absolute atomic E-state index is 0.0786. The van der Waals surface area contributed by atoms with E-state index in [9.17, 15) is 14.9 Å². The summed E-state index contributed by atoms with van der Waals surface area (Å²) < 4.78 is 5.42. The van der Waals surface area contributed by atoms with Crippen molar-refractivity contribution in [2.24, 2.45) is 0 Å². The molecule has 1 heterocycles. The molecule has 8 heteroatoms. The third-order valence-corrected chi connectivity index (χ3v) is 4.98. The molecule has 0 aliphatic rings. The van der Waals surface area contributed by atoms with Crippen LogP contribution in [-0.4, -0.2) is 17.4 Å². The van der Waals surface area contributed by atoms with Crippen LogP contribution in [0.1, 0.15) is 16.5 Å². The minimum Gasteiger partial charge on any atom is -0.482 e. The number of carbonyl (C=O) groups excluding carboxylic acids is 1. The Morgan fingerprint density at radius 1 is 1.19 bits per heavy atom. The molecule has 0 fully saturated rings. The lowest BCUT2D eigenvalue weighted by molar-refractivity contribution is -0.384. The molecule has 0 spiro atoms. The van der Waals surface area contributed by atoms with Gasteiger partial charge in [-0.25, -0.2) is 0 Å². The van der Waals surface area contributed by atoms with Crippen LogP contribution in [0.15, 0.2) is 66.0 Å². The zero-order valence-corrected chi connectivity index (χ0v) is 15.6. The SMILES string of the molecule is O=C(COc1ccc([N+](=O)[O-])cc1Cl)N[C@@H](c1ccccc1)c1cccs1. The van der Waals surface area contributed by atoms with E-state index >= 15 is 0 Å². The van der Waals surface area contributed by atoms with Crippen molar-refractivity contribution in [1.82, 2.24) is 5.32 Å². The van der Waals surface area contributed by atoms with Gasteiger partial charge in [-0.05, 0) is 23.1 Å². The summed E-state index contributed by atoms with van der Waals surface area (Å²) in [5.41, 5.74) is 0.820. The van der Waals surface area contributed by atoms with E-state index in [0.717, 1.165) is 10.4 Å². The number of ether oxygens (including phenoxy) is 1. The lowest BCUT2D eigenvalue weighted by Gasteiger charge is -2.18. The van der Waals surface area contributed by atoms with Crippen LogP contribution >= 0.6 is 22.9 Å². The van der Waals surface area contributed by atoms with Crippen LogP contribution in [0.5, 0.6) is 5.75 Å². The number of carbonyl (C=O) groups is 1. The van der Waals surface area contributed by atoms with E-state index in [2.05, 4.69) is 5.32 Å². The molecule has 2 aromatic carbocycles. The standard InChI is InChI=1S/C19H15ClN2O4S/c20-15-11-14(22(24)25)8-9-16(15)26-12-18(23)21-19(17-7-4-10-27-17)13-5-2-1-3-6-13/h1-11,19H,12H2,(H,21,23)/t19-/m0/s1. The molecule has 0 radical (unpaired) electrons. The quantitative estimate of drug-likeness (QED) is 0.462. The molecule has 138 valence electrons. The second kappa shape index (κ2) is 8.66. The molecule has 0 aliphatic carbocycles. The Kier molecular flexibility index (Phi) is 6.05. The van der Waals surface area contributed by atoms with Crippen molar-refractivity contribution in [2.45, 2.75) is 6.04 Å². The maximum atomic E-state index is 12.4. The molecule has 1 N–H and O–H groups in total. The minimum atomic E-state index is -0.548. The average Bonchev–Trinajstić information content (AvgIpc) is 3.20. The Bertz CT molecular complexity index is 932. The molecule has 3 aromatic rings. The summed E-state index contributed by atoms with van der Waals surface area (Å²) in [6, 6.07) is 17.1. The summed E-state index contributed by atoms with van der Waals surface area (Å²) in [5, 5.41) is 15.7. The van der Waals surface area contributed by atoms with E-state index in [1.807, 2.05) is 47.8 Å². The molecular formula is C19H15ClN2O4S. The first kappa shape index (κ1) is 18.9. The van der Waals surface area contributed by atoms with Gasteiger partial charge in [-0.1, -0.05) is 48.0 Å². The van der Waals surface area contributed by atoms with Gasteiger partial charge in [-0.3, -0.25) is 14.9 Å². The number of hydrogen-bond donors (Lipinski definition) is 1. The van der Waals surface area contributed by atoms with Crippen molar-refractivity contribution in [3.8, 4) is 5.75 Å². The van der Waals surface area contributed by atoms with Crippen molar-refractivity contribution in [3.05, 3.63) is 91.6 Å². The van der Waals surface area contributed by atoms with Crippen LogP contribution in [0, 0.1) is 10.1 Å². The Morgan fingerprint density at radius 2 is 1.96 bits per heavy atom. The molecule has 0 bridgehead atoms. The van der Waals surface area contributed by atoms with Gasteiger partial charge >= 0.3 is 0 Å². The Hall–Kier alpha value is -2.90. The van der Waals surface area contributed by atoms with Crippen LogP contribution in [0.25, 0.3) is 0 Å². The van der Waals surface area contributed by atoms with Crippen LogP contribution in [0.3, 0.4) is 0 Å². The highest BCUT2D eigenvalue weighted by atomic mass is 35.5. The molecule has 6 nitrogen and oxygen atoms in total. The predicted octanol–water partition coefficient (Wildman–Crippen LogP) is 4.59. The second-order valence-corrected chi connectivity index (χ2v) is 6.97. The molecule has 1 amide bonds. The molecule has 0 aliphatic heterocycles. The van der Waals surface area contributed by atoms with Gasteiger partial charge in [-0.15, -0.1) is 11.3 Å². The molecule has 0 saturated heterocycles. The monoisotopic (exact) mass is 402 g/mol. The van der Waals surface area contributed by atoms with Crippen LogP contribution in [0.2, 0.25) is 5.02 Å². The maximum Gasteiger partial charge on any atom is 0.271 e. The fourth-order valence-electron chi connectivity index (χ4n) is 2.49. The van der Waals surface area contributed by atoms with Gasteiger partial charge in [0.1, 0.15) is 5.75 Å². The maximum absolute atomic E-state index is 12.4. The number of halogens is 1. The number of hydrogen-bond acceptors (Lipinski definition) is 5. The molecular weight excluding hydrogens is 388 g/mol. The normalized spacial score (nSPS) is 11.6. The Balaban J connectivity index is 1.68. The fourth-order valence-corrected chi connectivity index (χ4v) is 3.52. The number of nitro benzene ring substituents is 1. The summed E-state index contributed by atoms with van der Waals surface area (Å²) >= 11 is 7.53. The Labute approximate surface area is 164 Å². The van der Waals surface area contributed by atoms with Crippen molar-refractivity contribution in [3.63, 3.8) is 0 Å². The Morgan fingerprint density at radius 3 is 2.59 bits per heavy atom. The highest BCUT2D eigenvalue weighted by Gasteiger charge is 2.18. The van der Waals surface area contributed by atoms with Crippen LogP contribution in [-0.2, 0) is 4.79 Å². The van der Waals surface area contributed by atoms with Gasteiger partial charge in [0.25, 0.3) is 11.6 Å². The van der Waals surface area contributed by atoms with Crippen molar-refractivity contribution >= 4 is 34.5 Å². The number of nitrogens with one attached hydrogen (secondary N) is 1. The van der Waals surface area contributed by atoms with Crippen molar-refractivity contribution < 1.29 is 14.5 Å². The second-order valence-electron chi connectivity index (χ2n) is 5.59. The smallest absolute Gasteiger partial charge is 0.271 e. The van der Waals surface area contributed by atoms with E-state index in [-0.39, 0.29) is 35.0 Å². The van der Waals surface area contributed by atoms with Gasteiger partial charge < -0.3 is 10.1 Å². The van der Waals surface area contributed by atoms with Gasteiger partial charge in [0.2, 0.25) is 0 Å². The summed E-state index contributed by atoms with van der Waals surface area (Å²) in [6.07, 6.45) is 0. The topological polar surface area (TPSA) is 81.5 Å². The van der Waals surface area contributed by atoms with Crippen molar-refractivity contribution in [1.29, 1.82) is 0 Å². The molecule has 27 heavy (non-hydrogen) atoms. The van der Waals surface area contributed by atoms with Gasteiger partial charge in [-0.2, -0.15) is 0 Å². The number of rotatable bonds is 7. The number of amides is 1. The van der Waals surface area contributed by atoms with Crippen LogP contribution < -0.4 is 10.1 Å². The largest absolute Gasteiger partial charge is 0.482 e. The lowest BCUT2D eigenvalue weighted by atomic mass is 10.1. The van der Waals surface area contributed by atoms with E-state index in [4.69, 9.17) is 16.3 Å². The number of nitrogens with zero attached hydrogens (tertiary/aromatic N) is 1. The summed E-state index contributed by atoms with van der Waals surface area (Å²) in [7, 11) is 0. The highest BCUT2D eigenvalue weighted by Crippen LogP contribution is 2.29. The molecule has 0 unspecified atom stereocenters. The van der Waals surface area contributed by atoms with Gasteiger partial charge in [0.05, 0.1) is 16.0 Å². The van der Waals surface area contributed by atoms with Gasteiger partial charge in [0.15, 0.2) is 6.61 Å². The molecule has 1 atom stereocenters. The average molecular weight is 403 g/mol. The summed E-state index contributed by atoms with van der Waals surface area (Å²) in [4.78, 5) is 23.6. The lowest BCUT2D eigenvalue weighted by Crippen LogP contribution is -2.32. The number of thiophene rings is 1. The first-order valence-electron chi connectivity index (χ1n) is 7.99. The summed E-state index contributed by atoms with van der Waals surface area (Å²) in [6.45, 7) is -0.258. The van der Waals surface area contributed by atoms with Gasteiger partial charge in [0, 0.05) is 17.0 Å².